The molecule has 1 aliphatic rings. The van der Waals surface area contributed by atoms with Crippen molar-refractivity contribution in [3.63, 3.8) is 0 Å². The highest BCUT2D eigenvalue weighted by Gasteiger charge is 2.26. The van der Waals surface area contributed by atoms with E-state index in [1.165, 1.54) is 6.20 Å². The van der Waals surface area contributed by atoms with Crippen LogP contribution in [0.2, 0.25) is 0 Å². The lowest BCUT2D eigenvalue weighted by Crippen LogP contribution is -2.40. The third-order valence-corrected chi connectivity index (χ3v) is 5.81. The van der Waals surface area contributed by atoms with Crippen LogP contribution in [-0.2, 0) is 10.0 Å². The fraction of sp³-hybridized carbons (Fsp3) is 0.421. The molecule has 168 valence electrons. The minimum Gasteiger partial charge on any atom is -0.348 e. The summed E-state index contributed by atoms with van der Waals surface area (Å²) in [7, 11) is -3.24. The summed E-state index contributed by atoms with van der Waals surface area (Å²) in [5.74, 6) is -3.40. The molecule has 1 saturated carbocycles. The van der Waals surface area contributed by atoms with Crippen LogP contribution >= 0.6 is 0 Å². The average molecular weight is 455 g/mol. The summed E-state index contributed by atoms with van der Waals surface area (Å²) in [5, 5.41) is 11.4. The number of H-pyrrole nitrogens is 1. The molecule has 2 amide bonds. The van der Waals surface area contributed by atoms with E-state index in [1.54, 1.807) is 0 Å². The molecule has 0 atom stereocenters. The van der Waals surface area contributed by atoms with Gasteiger partial charge in [0.1, 0.15) is 22.9 Å². The Balaban J connectivity index is 1.57. The molecular formula is C19H23F2N5O4S. The van der Waals surface area contributed by atoms with Crippen molar-refractivity contribution in [2.24, 2.45) is 5.92 Å². The molecule has 1 aromatic carbocycles. The number of nitrogens with one attached hydrogen (secondary N) is 4. The lowest BCUT2D eigenvalue weighted by molar-refractivity contribution is 0.0918. The molecule has 1 fully saturated rings. The van der Waals surface area contributed by atoms with Gasteiger partial charge in [0.15, 0.2) is 0 Å². The molecule has 0 saturated heterocycles. The van der Waals surface area contributed by atoms with Crippen molar-refractivity contribution in [2.45, 2.75) is 31.7 Å². The fourth-order valence-electron chi connectivity index (χ4n) is 3.49. The first kappa shape index (κ1) is 22.8. The van der Waals surface area contributed by atoms with E-state index in [0.717, 1.165) is 37.3 Å². The third kappa shape index (κ3) is 6.07. The summed E-state index contributed by atoms with van der Waals surface area (Å²) in [6.07, 6.45) is 5.11. The molecule has 2 aromatic rings. The molecule has 0 spiro atoms. The number of hydrogen-bond donors (Lipinski definition) is 4. The van der Waals surface area contributed by atoms with Crippen LogP contribution < -0.4 is 15.4 Å². The first-order valence-corrected chi connectivity index (χ1v) is 11.6. The van der Waals surface area contributed by atoms with Crippen LogP contribution in [0, 0.1) is 17.6 Å². The van der Waals surface area contributed by atoms with Gasteiger partial charge in [0.25, 0.3) is 11.8 Å². The highest BCUT2D eigenvalue weighted by atomic mass is 32.2. The summed E-state index contributed by atoms with van der Waals surface area (Å²) in [5.41, 5.74) is -0.793. The van der Waals surface area contributed by atoms with E-state index in [-0.39, 0.29) is 23.3 Å². The molecule has 3 rings (SSSR count). The number of benzene rings is 1. The molecule has 1 aliphatic carbocycles. The van der Waals surface area contributed by atoms with Crippen molar-refractivity contribution in [1.82, 2.24) is 20.2 Å². The van der Waals surface area contributed by atoms with E-state index < -0.39 is 39.0 Å². The second kappa shape index (κ2) is 9.52. The first-order chi connectivity index (χ1) is 14.6. The first-order valence-electron chi connectivity index (χ1n) is 9.68. The third-order valence-electron chi connectivity index (χ3n) is 5.12. The number of nitrogens with zero attached hydrogens (tertiary/aromatic N) is 1. The Bertz CT molecular complexity index is 1040. The predicted octanol–water partition coefficient (Wildman–Crippen LogP) is 1.78. The molecule has 0 radical (unpaired) electrons. The van der Waals surface area contributed by atoms with E-state index in [1.807, 2.05) is 0 Å². The van der Waals surface area contributed by atoms with Crippen molar-refractivity contribution in [1.29, 1.82) is 0 Å². The zero-order chi connectivity index (χ0) is 22.6. The monoisotopic (exact) mass is 455 g/mol. The SMILES string of the molecule is CS(=O)(=O)NCC1CCC(NC(=O)c2[nH]ncc2NC(=O)c2c(F)cccc2F)CC1. The number of carbonyl (C=O) groups excluding carboxylic acids is 2. The summed E-state index contributed by atoms with van der Waals surface area (Å²) in [6.45, 7) is 0.364. The van der Waals surface area contributed by atoms with Crippen molar-refractivity contribution in [2.75, 3.05) is 18.1 Å². The number of hydrogen-bond acceptors (Lipinski definition) is 5. The molecule has 0 unspecified atom stereocenters. The molecular weight excluding hydrogens is 432 g/mol. The number of aromatic nitrogens is 2. The van der Waals surface area contributed by atoms with Crippen LogP contribution in [0.25, 0.3) is 0 Å². The van der Waals surface area contributed by atoms with E-state index in [0.29, 0.717) is 19.4 Å². The molecule has 4 N–H and O–H groups in total. The quantitative estimate of drug-likeness (QED) is 0.505. The summed E-state index contributed by atoms with van der Waals surface area (Å²) in [4.78, 5) is 24.9. The summed E-state index contributed by atoms with van der Waals surface area (Å²) in [6, 6.07) is 2.94. The smallest absolute Gasteiger partial charge is 0.271 e. The van der Waals surface area contributed by atoms with Gasteiger partial charge in [-0.3, -0.25) is 14.7 Å². The molecule has 0 bridgehead atoms. The second-order valence-electron chi connectivity index (χ2n) is 7.52. The van der Waals surface area contributed by atoms with Gasteiger partial charge in [-0.15, -0.1) is 0 Å². The van der Waals surface area contributed by atoms with Crippen molar-refractivity contribution in [3.8, 4) is 0 Å². The standard InChI is InChI=1S/C19H23F2N5O4S/c1-31(29,30)23-9-11-5-7-12(8-6-11)24-19(28)17-15(10-22-26-17)25-18(27)16-13(20)3-2-4-14(16)21/h2-4,10-12,23H,5-9H2,1H3,(H,22,26)(H,24,28)(H,25,27). The van der Waals surface area contributed by atoms with E-state index in [4.69, 9.17) is 0 Å². The highest BCUT2D eigenvalue weighted by molar-refractivity contribution is 7.88. The van der Waals surface area contributed by atoms with Gasteiger partial charge in [0.2, 0.25) is 10.0 Å². The molecule has 1 heterocycles. The highest BCUT2D eigenvalue weighted by Crippen LogP contribution is 2.25. The fourth-order valence-corrected chi connectivity index (χ4v) is 4.03. The van der Waals surface area contributed by atoms with Gasteiger partial charge in [0, 0.05) is 12.6 Å². The largest absolute Gasteiger partial charge is 0.348 e. The molecule has 31 heavy (non-hydrogen) atoms. The number of amides is 2. The van der Waals surface area contributed by atoms with Crippen LogP contribution in [-0.4, -0.2) is 49.3 Å². The normalized spacial score (nSPS) is 19.1. The van der Waals surface area contributed by atoms with Crippen LogP contribution in [0.15, 0.2) is 24.4 Å². The van der Waals surface area contributed by atoms with Crippen molar-refractivity contribution >= 4 is 27.5 Å². The minimum absolute atomic E-state index is 0.00353. The van der Waals surface area contributed by atoms with Gasteiger partial charge in [-0.1, -0.05) is 6.07 Å². The second-order valence-corrected chi connectivity index (χ2v) is 9.35. The zero-order valence-electron chi connectivity index (χ0n) is 16.7. The summed E-state index contributed by atoms with van der Waals surface area (Å²) < 4.78 is 52.5. The van der Waals surface area contributed by atoms with Gasteiger partial charge in [-0.25, -0.2) is 21.9 Å². The Morgan fingerprint density at radius 1 is 1.13 bits per heavy atom. The Morgan fingerprint density at radius 3 is 2.39 bits per heavy atom. The van der Waals surface area contributed by atoms with Gasteiger partial charge in [-0.2, -0.15) is 5.10 Å². The van der Waals surface area contributed by atoms with Crippen LogP contribution in [0.1, 0.15) is 46.5 Å². The molecule has 0 aliphatic heterocycles. The summed E-state index contributed by atoms with van der Waals surface area (Å²) >= 11 is 0. The van der Waals surface area contributed by atoms with Crippen LogP contribution in [0.3, 0.4) is 0 Å². The molecule has 1 aromatic heterocycles. The van der Waals surface area contributed by atoms with E-state index in [9.17, 15) is 26.8 Å². The average Bonchev–Trinajstić information content (AvgIpc) is 3.15. The van der Waals surface area contributed by atoms with Gasteiger partial charge in [-0.05, 0) is 43.7 Å². The molecule has 12 heteroatoms. The lowest BCUT2D eigenvalue weighted by atomic mass is 9.86. The maximum atomic E-state index is 13.8. The Kier molecular flexibility index (Phi) is 7.01. The topological polar surface area (TPSA) is 133 Å². The van der Waals surface area contributed by atoms with Crippen LogP contribution in [0.5, 0.6) is 0 Å². The number of aromatic amines is 1. The Morgan fingerprint density at radius 2 is 1.77 bits per heavy atom. The van der Waals surface area contributed by atoms with E-state index >= 15 is 0 Å². The van der Waals surface area contributed by atoms with E-state index in [2.05, 4.69) is 25.6 Å². The lowest BCUT2D eigenvalue weighted by Gasteiger charge is -2.29. The zero-order valence-corrected chi connectivity index (χ0v) is 17.6. The van der Waals surface area contributed by atoms with Gasteiger partial charge in [0.05, 0.1) is 18.1 Å². The Hall–Kier alpha value is -2.86. The molecule has 9 nitrogen and oxygen atoms in total. The number of sulfonamides is 1. The maximum Gasteiger partial charge on any atom is 0.271 e. The van der Waals surface area contributed by atoms with Gasteiger partial charge >= 0.3 is 0 Å². The predicted molar refractivity (Wildman–Crippen MR) is 109 cm³/mol. The number of rotatable bonds is 7. The van der Waals surface area contributed by atoms with Gasteiger partial charge < -0.3 is 10.6 Å². The number of carbonyl (C=O) groups is 2. The van der Waals surface area contributed by atoms with Crippen molar-refractivity contribution < 1.29 is 26.8 Å². The van der Waals surface area contributed by atoms with Crippen molar-refractivity contribution in [3.05, 3.63) is 47.3 Å². The minimum atomic E-state index is -3.24. The van der Waals surface area contributed by atoms with Crippen LogP contribution in [0.4, 0.5) is 14.5 Å². The number of halogens is 2. The number of anilines is 1. The Labute approximate surface area is 178 Å². The maximum absolute atomic E-state index is 13.8.